The number of halogens is 2. The summed E-state index contributed by atoms with van der Waals surface area (Å²) < 4.78 is 17.1. The van der Waals surface area contributed by atoms with Crippen LogP contribution in [0.3, 0.4) is 0 Å². The third kappa shape index (κ3) is 8.35. The van der Waals surface area contributed by atoms with E-state index in [0.29, 0.717) is 42.0 Å². The fourth-order valence-corrected chi connectivity index (χ4v) is 5.79. The van der Waals surface area contributed by atoms with Crippen LogP contribution < -0.4 is 9.64 Å². The van der Waals surface area contributed by atoms with Gasteiger partial charge in [-0.05, 0) is 62.1 Å². The van der Waals surface area contributed by atoms with Crippen molar-refractivity contribution in [2.45, 2.75) is 57.3 Å². The van der Waals surface area contributed by atoms with Crippen molar-refractivity contribution in [1.82, 2.24) is 9.88 Å². The van der Waals surface area contributed by atoms with Crippen LogP contribution in [-0.2, 0) is 16.1 Å². The summed E-state index contributed by atoms with van der Waals surface area (Å²) in [4.78, 5) is 9.08. The minimum absolute atomic E-state index is 0.00962. The number of ether oxygens (including phenoxy) is 3. The maximum absolute atomic E-state index is 11.1. The van der Waals surface area contributed by atoms with E-state index in [1.807, 2.05) is 48.5 Å². The SMILES string of the molecule is C[C@@H](O)COc1ccc(N2CCN(CC(O)c3ccc(COC4CCCCO4)nc3)C[C@H]2c2ccc(Cl)cc2)c(Cl)c1. The molecule has 1 aromatic heterocycles. The summed E-state index contributed by atoms with van der Waals surface area (Å²) in [5.74, 6) is 0.614. The van der Waals surface area contributed by atoms with E-state index in [-0.39, 0.29) is 18.9 Å². The molecule has 0 radical (unpaired) electrons. The molecule has 2 N–H and O–H groups in total. The highest BCUT2D eigenvalue weighted by Crippen LogP contribution is 2.37. The van der Waals surface area contributed by atoms with E-state index in [9.17, 15) is 10.2 Å². The number of aliphatic hydroxyl groups excluding tert-OH is 2. The van der Waals surface area contributed by atoms with Crippen molar-refractivity contribution in [2.75, 3.05) is 44.3 Å². The van der Waals surface area contributed by atoms with Gasteiger partial charge in [-0.2, -0.15) is 0 Å². The van der Waals surface area contributed by atoms with Crippen LogP contribution in [0.2, 0.25) is 10.0 Å². The fourth-order valence-electron chi connectivity index (χ4n) is 5.38. The minimum Gasteiger partial charge on any atom is -0.491 e. The molecule has 2 aliphatic rings. The maximum Gasteiger partial charge on any atom is 0.158 e. The first-order valence-electron chi connectivity index (χ1n) is 14.6. The Hall–Kier alpha value is -2.43. The molecule has 5 rings (SSSR count). The number of pyridine rings is 1. The monoisotopic (exact) mass is 615 g/mol. The van der Waals surface area contributed by atoms with Crippen LogP contribution in [0, 0.1) is 0 Å². The van der Waals surface area contributed by atoms with Crippen molar-refractivity contribution in [3.8, 4) is 5.75 Å². The van der Waals surface area contributed by atoms with Crippen molar-refractivity contribution in [3.63, 3.8) is 0 Å². The average Bonchev–Trinajstić information content (AvgIpc) is 3.00. The Morgan fingerprint density at radius 2 is 1.88 bits per heavy atom. The zero-order valence-electron chi connectivity index (χ0n) is 23.9. The number of anilines is 1. The summed E-state index contributed by atoms with van der Waals surface area (Å²) in [7, 11) is 0. The second kappa shape index (κ2) is 14.8. The first-order chi connectivity index (χ1) is 20.4. The van der Waals surface area contributed by atoms with Gasteiger partial charge in [0.1, 0.15) is 12.4 Å². The molecular formula is C32H39Cl2N3O5. The molecule has 0 aliphatic carbocycles. The molecular weight excluding hydrogens is 577 g/mol. The molecule has 8 nitrogen and oxygen atoms in total. The molecule has 2 saturated heterocycles. The smallest absolute Gasteiger partial charge is 0.158 e. The predicted octanol–water partition coefficient (Wildman–Crippen LogP) is 5.79. The van der Waals surface area contributed by atoms with Gasteiger partial charge >= 0.3 is 0 Å². The van der Waals surface area contributed by atoms with Gasteiger partial charge in [0.15, 0.2) is 6.29 Å². The Labute approximate surface area is 257 Å². The van der Waals surface area contributed by atoms with Crippen molar-refractivity contribution >= 4 is 28.9 Å². The summed E-state index contributed by atoms with van der Waals surface area (Å²) in [5.41, 5.74) is 3.60. The Bertz CT molecular complexity index is 1270. The Morgan fingerprint density at radius 3 is 2.57 bits per heavy atom. The zero-order valence-corrected chi connectivity index (χ0v) is 25.4. The van der Waals surface area contributed by atoms with Gasteiger partial charge in [0.2, 0.25) is 0 Å². The number of rotatable bonds is 11. The highest BCUT2D eigenvalue weighted by atomic mass is 35.5. The standard InChI is InChI=1S/C32H39Cl2N3O5/c1-22(38)20-41-27-11-12-29(28(34)16-27)37-14-13-36(18-30(37)23-5-8-25(33)9-6-23)19-31(39)24-7-10-26(35-17-24)21-42-32-4-2-3-15-40-32/h5-12,16-17,22,30-32,38-39H,2-4,13-15,18-21H2,1H3/t22-,30+,31?,32?/m1/s1. The highest BCUT2D eigenvalue weighted by molar-refractivity contribution is 6.33. The van der Waals surface area contributed by atoms with E-state index >= 15 is 0 Å². The first-order valence-corrected chi connectivity index (χ1v) is 15.3. The summed E-state index contributed by atoms with van der Waals surface area (Å²) in [6, 6.07) is 17.3. The lowest BCUT2D eigenvalue weighted by molar-refractivity contribution is -0.169. The topological polar surface area (TPSA) is 87.5 Å². The second-order valence-corrected chi connectivity index (χ2v) is 11.8. The van der Waals surface area contributed by atoms with E-state index in [4.69, 9.17) is 37.4 Å². The number of hydrogen-bond donors (Lipinski definition) is 2. The van der Waals surface area contributed by atoms with Gasteiger partial charge in [-0.15, -0.1) is 0 Å². The van der Waals surface area contributed by atoms with Gasteiger partial charge in [-0.1, -0.05) is 41.4 Å². The molecule has 226 valence electrons. The minimum atomic E-state index is -0.680. The number of β-amino-alcohol motifs (C(OH)–C–C–N with tert-alkyl or cyclic N) is 1. The van der Waals surface area contributed by atoms with E-state index in [2.05, 4.69) is 14.8 Å². The van der Waals surface area contributed by atoms with Crippen molar-refractivity contribution in [3.05, 3.63) is 87.7 Å². The third-order valence-electron chi connectivity index (χ3n) is 7.66. The molecule has 0 amide bonds. The summed E-state index contributed by atoms with van der Waals surface area (Å²) in [5, 5.41) is 21.9. The third-order valence-corrected chi connectivity index (χ3v) is 8.21. The normalized spacial score (nSPS) is 21.2. The van der Waals surface area contributed by atoms with Gasteiger partial charge in [0, 0.05) is 55.6 Å². The summed E-state index contributed by atoms with van der Waals surface area (Å²) >= 11 is 13.0. The summed E-state index contributed by atoms with van der Waals surface area (Å²) in [6.07, 6.45) is 3.45. The lowest BCUT2D eigenvalue weighted by Crippen LogP contribution is -2.49. The summed E-state index contributed by atoms with van der Waals surface area (Å²) in [6.45, 7) is 5.65. The van der Waals surface area contributed by atoms with Crippen molar-refractivity contribution < 1.29 is 24.4 Å². The Balaban J connectivity index is 1.24. The molecule has 10 heteroatoms. The van der Waals surface area contributed by atoms with Gasteiger partial charge in [0.25, 0.3) is 0 Å². The van der Waals surface area contributed by atoms with Crippen LogP contribution >= 0.6 is 23.2 Å². The van der Waals surface area contributed by atoms with Gasteiger partial charge in [0.05, 0.1) is 41.3 Å². The molecule has 2 fully saturated rings. The molecule has 0 spiro atoms. The number of benzene rings is 2. The van der Waals surface area contributed by atoms with Gasteiger partial charge in [-0.3, -0.25) is 9.88 Å². The Morgan fingerprint density at radius 1 is 1.05 bits per heavy atom. The van der Waals surface area contributed by atoms with Crippen molar-refractivity contribution in [2.24, 2.45) is 0 Å². The number of hydrogen-bond acceptors (Lipinski definition) is 8. The van der Waals surface area contributed by atoms with E-state index in [1.54, 1.807) is 19.2 Å². The number of aromatic nitrogens is 1. The molecule has 2 unspecified atom stereocenters. The molecule has 2 aliphatic heterocycles. The Kier molecular flexibility index (Phi) is 11.0. The van der Waals surface area contributed by atoms with Crippen LogP contribution in [0.25, 0.3) is 0 Å². The number of aliphatic hydroxyl groups is 2. The predicted molar refractivity (Wildman–Crippen MR) is 164 cm³/mol. The molecule has 3 heterocycles. The molecule has 0 bridgehead atoms. The van der Waals surface area contributed by atoms with E-state index < -0.39 is 12.2 Å². The largest absolute Gasteiger partial charge is 0.491 e. The van der Waals surface area contributed by atoms with Crippen LogP contribution in [0.4, 0.5) is 5.69 Å². The molecule has 2 aromatic carbocycles. The van der Waals surface area contributed by atoms with Crippen LogP contribution in [0.15, 0.2) is 60.8 Å². The van der Waals surface area contributed by atoms with Gasteiger partial charge < -0.3 is 29.3 Å². The van der Waals surface area contributed by atoms with E-state index in [1.165, 1.54) is 0 Å². The van der Waals surface area contributed by atoms with Crippen LogP contribution in [-0.4, -0.2) is 71.9 Å². The number of piperazine rings is 1. The van der Waals surface area contributed by atoms with Gasteiger partial charge in [-0.25, -0.2) is 0 Å². The first kappa shape index (κ1) is 31.0. The molecule has 0 saturated carbocycles. The highest BCUT2D eigenvalue weighted by Gasteiger charge is 2.31. The maximum atomic E-state index is 11.1. The van der Waals surface area contributed by atoms with Crippen LogP contribution in [0.1, 0.15) is 55.2 Å². The quantitative estimate of drug-likeness (QED) is 0.280. The second-order valence-electron chi connectivity index (χ2n) is 11.0. The van der Waals surface area contributed by atoms with Crippen LogP contribution in [0.5, 0.6) is 5.75 Å². The molecule has 3 aromatic rings. The lowest BCUT2D eigenvalue weighted by atomic mass is 10.0. The van der Waals surface area contributed by atoms with E-state index in [0.717, 1.165) is 54.9 Å². The number of nitrogens with zero attached hydrogens (tertiary/aromatic N) is 3. The fraction of sp³-hybridized carbons (Fsp3) is 0.469. The average molecular weight is 617 g/mol. The van der Waals surface area contributed by atoms with Crippen molar-refractivity contribution in [1.29, 1.82) is 0 Å². The molecule has 4 atom stereocenters. The zero-order chi connectivity index (χ0) is 29.5. The lowest BCUT2D eigenvalue weighted by Gasteiger charge is -2.44. The molecule has 42 heavy (non-hydrogen) atoms.